The molecule has 0 spiro atoms. The highest BCUT2D eigenvalue weighted by Crippen LogP contribution is 2.32. The SMILES string of the molecule is [N-]=[N+]=Nc1ccc(-c2coc(Sc3nc(-c4ccc(N=[N+]=[N-])cc4)co3)n2)cc1. The third-order valence-corrected chi connectivity index (χ3v) is 4.51. The first kappa shape index (κ1) is 18.2. The van der Waals surface area contributed by atoms with Gasteiger partial charge in [-0.15, -0.1) is 0 Å². The Morgan fingerprint density at radius 3 is 1.48 bits per heavy atom. The standard InChI is InChI=1S/C18H10N8O2S/c19-25-23-13-5-1-11(2-6-13)15-9-27-17(21-15)29-18-22-16(10-28-18)12-3-7-14(8-4-12)24-26-20/h1-10H. The number of hydrogen-bond donors (Lipinski definition) is 0. The van der Waals surface area contributed by atoms with Gasteiger partial charge in [-0.3, -0.25) is 0 Å². The minimum atomic E-state index is 0.381. The second-order valence-corrected chi connectivity index (χ2v) is 6.47. The molecule has 0 saturated heterocycles. The monoisotopic (exact) mass is 402 g/mol. The summed E-state index contributed by atoms with van der Waals surface area (Å²) in [4.78, 5) is 14.3. The van der Waals surface area contributed by atoms with Crippen molar-refractivity contribution in [1.82, 2.24) is 9.97 Å². The largest absolute Gasteiger partial charge is 0.439 e. The minimum Gasteiger partial charge on any atom is -0.439 e. The van der Waals surface area contributed by atoms with Crippen LogP contribution in [0.5, 0.6) is 0 Å². The van der Waals surface area contributed by atoms with E-state index in [4.69, 9.17) is 19.9 Å². The lowest BCUT2D eigenvalue weighted by molar-refractivity contribution is 0.432. The lowest BCUT2D eigenvalue weighted by Crippen LogP contribution is -1.79. The van der Waals surface area contributed by atoms with Gasteiger partial charge in [-0.1, -0.05) is 58.8 Å². The van der Waals surface area contributed by atoms with Gasteiger partial charge >= 0.3 is 0 Å². The van der Waals surface area contributed by atoms with Crippen molar-refractivity contribution >= 4 is 23.1 Å². The fourth-order valence-corrected chi connectivity index (χ4v) is 3.08. The van der Waals surface area contributed by atoms with Crippen LogP contribution < -0.4 is 0 Å². The number of aromatic nitrogens is 2. The van der Waals surface area contributed by atoms with Crippen LogP contribution >= 0.6 is 11.8 Å². The molecule has 4 aromatic rings. The fraction of sp³-hybridized carbons (Fsp3) is 0. The van der Waals surface area contributed by atoms with Gasteiger partial charge < -0.3 is 8.83 Å². The Labute approximate surface area is 167 Å². The molecule has 0 unspecified atom stereocenters. The highest BCUT2D eigenvalue weighted by Gasteiger charge is 2.13. The molecule has 0 aliphatic carbocycles. The third kappa shape index (κ3) is 4.23. The maximum Gasteiger partial charge on any atom is 0.265 e. The average Bonchev–Trinajstić information content (AvgIpc) is 3.40. The van der Waals surface area contributed by atoms with Crippen molar-refractivity contribution in [1.29, 1.82) is 0 Å². The van der Waals surface area contributed by atoms with Gasteiger partial charge in [-0.25, -0.2) is 9.97 Å². The molecule has 0 aliphatic heterocycles. The Hall–Kier alpha value is -4.17. The Morgan fingerprint density at radius 2 is 1.10 bits per heavy atom. The number of benzene rings is 2. The molecule has 0 aliphatic rings. The quantitative estimate of drug-likeness (QED) is 0.193. The second-order valence-electron chi connectivity index (χ2n) is 5.57. The molecule has 2 aromatic carbocycles. The van der Waals surface area contributed by atoms with E-state index in [1.807, 2.05) is 0 Å². The van der Waals surface area contributed by atoms with E-state index in [0.717, 1.165) is 22.9 Å². The zero-order valence-corrected chi connectivity index (χ0v) is 15.4. The van der Waals surface area contributed by atoms with E-state index in [1.54, 1.807) is 48.5 Å². The number of azide groups is 2. The number of hydrogen-bond acceptors (Lipinski definition) is 7. The summed E-state index contributed by atoms with van der Waals surface area (Å²) in [5, 5.41) is 7.83. The summed E-state index contributed by atoms with van der Waals surface area (Å²) >= 11 is 1.15. The predicted octanol–water partition coefficient (Wildman–Crippen LogP) is 7.03. The normalized spacial score (nSPS) is 10.2. The first-order valence-corrected chi connectivity index (χ1v) is 8.97. The first-order chi connectivity index (χ1) is 14.2. The van der Waals surface area contributed by atoms with Crippen LogP contribution in [0.15, 0.2) is 90.6 Å². The number of rotatable bonds is 6. The van der Waals surface area contributed by atoms with Crippen LogP contribution in [-0.2, 0) is 0 Å². The average molecular weight is 402 g/mol. The van der Waals surface area contributed by atoms with E-state index < -0.39 is 0 Å². The Bertz CT molecular complexity index is 1140. The lowest BCUT2D eigenvalue weighted by atomic mass is 10.1. The number of nitrogens with zero attached hydrogens (tertiary/aromatic N) is 8. The maximum atomic E-state index is 8.45. The predicted molar refractivity (Wildman–Crippen MR) is 106 cm³/mol. The second kappa shape index (κ2) is 8.24. The van der Waals surface area contributed by atoms with Crippen molar-refractivity contribution in [2.24, 2.45) is 10.2 Å². The van der Waals surface area contributed by atoms with Crippen molar-refractivity contribution in [2.45, 2.75) is 10.4 Å². The molecule has 2 heterocycles. The van der Waals surface area contributed by atoms with Crippen LogP contribution in [0, 0.1) is 0 Å². The van der Waals surface area contributed by atoms with E-state index in [9.17, 15) is 0 Å². The Morgan fingerprint density at radius 1 is 0.690 bits per heavy atom. The summed E-state index contributed by atoms with van der Waals surface area (Å²) < 4.78 is 11.0. The molecule has 0 fully saturated rings. The molecule has 29 heavy (non-hydrogen) atoms. The van der Waals surface area contributed by atoms with Crippen LogP contribution in [0.1, 0.15) is 0 Å². The van der Waals surface area contributed by atoms with E-state index in [2.05, 4.69) is 30.0 Å². The molecule has 0 radical (unpaired) electrons. The van der Waals surface area contributed by atoms with Crippen LogP contribution in [0.2, 0.25) is 0 Å². The first-order valence-electron chi connectivity index (χ1n) is 8.15. The van der Waals surface area contributed by atoms with Gasteiger partial charge in [0, 0.05) is 44.1 Å². The van der Waals surface area contributed by atoms with Gasteiger partial charge in [0.1, 0.15) is 23.9 Å². The molecule has 0 bridgehead atoms. The smallest absolute Gasteiger partial charge is 0.265 e. The summed E-state index contributed by atoms with van der Waals surface area (Å²) in [7, 11) is 0. The van der Waals surface area contributed by atoms with Crippen molar-refractivity contribution in [3.05, 3.63) is 81.9 Å². The van der Waals surface area contributed by atoms with Gasteiger partial charge in [-0.2, -0.15) is 0 Å². The van der Waals surface area contributed by atoms with Crippen molar-refractivity contribution in [3.63, 3.8) is 0 Å². The maximum absolute atomic E-state index is 8.45. The highest BCUT2D eigenvalue weighted by atomic mass is 32.2. The van der Waals surface area contributed by atoms with Crippen molar-refractivity contribution in [3.8, 4) is 22.5 Å². The number of oxazole rings is 2. The molecule has 0 atom stereocenters. The molecule has 140 valence electrons. The molecule has 0 saturated carbocycles. The van der Waals surface area contributed by atoms with Crippen molar-refractivity contribution in [2.75, 3.05) is 0 Å². The molecule has 0 N–H and O–H groups in total. The molecule has 4 rings (SSSR count). The minimum absolute atomic E-state index is 0.381. The summed E-state index contributed by atoms with van der Waals surface area (Å²) in [6.45, 7) is 0. The van der Waals surface area contributed by atoms with Crippen LogP contribution in [0.4, 0.5) is 11.4 Å². The third-order valence-electron chi connectivity index (χ3n) is 3.79. The van der Waals surface area contributed by atoms with E-state index in [1.165, 1.54) is 12.5 Å². The zero-order chi connectivity index (χ0) is 20.1. The van der Waals surface area contributed by atoms with Gasteiger partial charge in [0.2, 0.25) is 0 Å². The van der Waals surface area contributed by atoms with Gasteiger partial charge in [0.05, 0.1) is 0 Å². The van der Waals surface area contributed by atoms with Crippen LogP contribution in [0.3, 0.4) is 0 Å². The van der Waals surface area contributed by atoms with Gasteiger partial charge in [0.15, 0.2) is 0 Å². The van der Waals surface area contributed by atoms with E-state index in [0.29, 0.717) is 33.2 Å². The van der Waals surface area contributed by atoms with Gasteiger partial charge in [-0.05, 0) is 11.1 Å². The fourth-order valence-electron chi connectivity index (χ4n) is 2.45. The Kier molecular flexibility index (Phi) is 5.17. The summed E-state index contributed by atoms with van der Waals surface area (Å²) in [6, 6.07) is 14.0. The van der Waals surface area contributed by atoms with E-state index >= 15 is 0 Å². The Balaban J connectivity index is 1.48. The molecular formula is C18H10N8O2S. The van der Waals surface area contributed by atoms with Crippen LogP contribution in [-0.4, -0.2) is 9.97 Å². The molecular weight excluding hydrogens is 392 g/mol. The van der Waals surface area contributed by atoms with Crippen molar-refractivity contribution < 1.29 is 8.83 Å². The van der Waals surface area contributed by atoms with E-state index in [-0.39, 0.29) is 0 Å². The summed E-state index contributed by atoms with van der Waals surface area (Å²) in [6.07, 6.45) is 3.06. The van der Waals surface area contributed by atoms with Gasteiger partial charge in [0.25, 0.3) is 10.4 Å². The van der Waals surface area contributed by atoms with Crippen LogP contribution in [0.25, 0.3) is 43.4 Å². The molecule has 0 amide bonds. The molecule has 11 heteroatoms. The molecule has 2 aromatic heterocycles. The lowest BCUT2D eigenvalue weighted by Gasteiger charge is -1.96. The zero-order valence-electron chi connectivity index (χ0n) is 14.6. The highest BCUT2D eigenvalue weighted by molar-refractivity contribution is 7.98. The summed E-state index contributed by atoms with van der Waals surface area (Å²) in [5.74, 6) is 0. The topological polar surface area (TPSA) is 150 Å². The molecule has 10 nitrogen and oxygen atoms in total. The summed E-state index contributed by atoms with van der Waals surface area (Å²) in [5.41, 5.74) is 20.9.